The molecule has 4 rings (SSSR count). The van der Waals surface area contributed by atoms with Crippen LogP contribution in [-0.4, -0.2) is 19.7 Å². The predicted octanol–water partition coefficient (Wildman–Crippen LogP) is 2.74. The summed E-state index contributed by atoms with van der Waals surface area (Å²) in [6.45, 7) is 0. The monoisotopic (exact) mass is 266 g/mol. The fraction of sp³-hybridized carbons (Fsp3) is 0.267. The van der Waals surface area contributed by atoms with Crippen molar-refractivity contribution >= 4 is 0 Å². The van der Waals surface area contributed by atoms with Crippen LogP contribution in [0.15, 0.2) is 47.4 Å². The van der Waals surface area contributed by atoms with Gasteiger partial charge >= 0.3 is 0 Å². The minimum Gasteiger partial charge on any atom is -0.339 e. The number of aryl methyl sites for hydroxylation is 1. The van der Waals surface area contributed by atoms with Crippen LogP contribution in [0.5, 0.6) is 0 Å². The van der Waals surface area contributed by atoms with Crippen molar-refractivity contribution in [3.63, 3.8) is 0 Å². The van der Waals surface area contributed by atoms with Crippen molar-refractivity contribution < 1.29 is 4.52 Å². The first-order valence-corrected chi connectivity index (χ1v) is 6.68. The van der Waals surface area contributed by atoms with E-state index >= 15 is 0 Å². The number of hydrogen-bond donors (Lipinski definition) is 0. The van der Waals surface area contributed by atoms with E-state index in [0.29, 0.717) is 17.7 Å². The number of imidazole rings is 1. The molecule has 0 spiro atoms. The molecule has 0 aliphatic heterocycles. The molecule has 20 heavy (non-hydrogen) atoms. The van der Waals surface area contributed by atoms with Gasteiger partial charge in [-0.2, -0.15) is 4.98 Å². The Kier molecular flexibility index (Phi) is 2.45. The normalized spacial score (nSPS) is 21.1. The first-order chi connectivity index (χ1) is 9.83. The summed E-state index contributed by atoms with van der Waals surface area (Å²) in [4.78, 5) is 8.58. The second kappa shape index (κ2) is 4.30. The summed E-state index contributed by atoms with van der Waals surface area (Å²) in [6, 6.07) is 10.5. The second-order valence-electron chi connectivity index (χ2n) is 5.21. The Morgan fingerprint density at radius 3 is 2.80 bits per heavy atom. The highest BCUT2D eigenvalue weighted by atomic mass is 16.5. The van der Waals surface area contributed by atoms with Gasteiger partial charge in [0.1, 0.15) is 5.69 Å². The van der Waals surface area contributed by atoms with E-state index in [1.165, 1.54) is 5.56 Å². The van der Waals surface area contributed by atoms with Gasteiger partial charge in [0.25, 0.3) is 0 Å². The Morgan fingerprint density at radius 2 is 2.05 bits per heavy atom. The summed E-state index contributed by atoms with van der Waals surface area (Å²) >= 11 is 0. The van der Waals surface area contributed by atoms with Gasteiger partial charge in [0.15, 0.2) is 0 Å². The van der Waals surface area contributed by atoms with Gasteiger partial charge in [0.2, 0.25) is 11.7 Å². The fourth-order valence-corrected chi connectivity index (χ4v) is 2.60. The van der Waals surface area contributed by atoms with Crippen LogP contribution in [0.3, 0.4) is 0 Å². The molecular weight excluding hydrogens is 252 g/mol. The average molecular weight is 266 g/mol. The largest absolute Gasteiger partial charge is 0.339 e. The first-order valence-electron chi connectivity index (χ1n) is 6.68. The van der Waals surface area contributed by atoms with Crippen molar-refractivity contribution in [3.05, 3.63) is 54.3 Å². The van der Waals surface area contributed by atoms with Crippen molar-refractivity contribution in [2.24, 2.45) is 7.05 Å². The molecule has 0 unspecified atom stereocenters. The van der Waals surface area contributed by atoms with E-state index in [0.717, 1.165) is 18.0 Å². The van der Waals surface area contributed by atoms with Gasteiger partial charge in [-0.15, -0.1) is 0 Å². The molecule has 5 nitrogen and oxygen atoms in total. The summed E-state index contributed by atoms with van der Waals surface area (Å²) in [5.41, 5.74) is 2.22. The Bertz CT molecular complexity index is 731. The maximum absolute atomic E-state index is 5.42. The van der Waals surface area contributed by atoms with Crippen molar-refractivity contribution in [1.82, 2.24) is 19.7 Å². The molecule has 0 radical (unpaired) electrons. The molecule has 0 bridgehead atoms. The van der Waals surface area contributed by atoms with E-state index in [1.807, 2.05) is 17.7 Å². The minimum absolute atomic E-state index is 0.354. The van der Waals surface area contributed by atoms with Gasteiger partial charge in [0, 0.05) is 13.0 Å². The fourth-order valence-electron chi connectivity index (χ4n) is 2.60. The number of rotatable bonds is 3. The third-order valence-corrected chi connectivity index (χ3v) is 3.82. The molecule has 3 aromatic rings. The van der Waals surface area contributed by atoms with Crippen molar-refractivity contribution in [1.29, 1.82) is 0 Å². The van der Waals surface area contributed by atoms with Crippen LogP contribution in [0.25, 0.3) is 11.5 Å². The molecule has 0 saturated heterocycles. The van der Waals surface area contributed by atoms with Gasteiger partial charge in [0.05, 0.1) is 12.5 Å². The molecule has 1 aliphatic carbocycles. The maximum atomic E-state index is 5.42. The predicted molar refractivity (Wildman–Crippen MR) is 73.0 cm³/mol. The summed E-state index contributed by atoms with van der Waals surface area (Å²) in [5, 5.41) is 4.06. The van der Waals surface area contributed by atoms with Gasteiger partial charge < -0.3 is 9.09 Å². The lowest BCUT2D eigenvalue weighted by Gasteiger charge is -1.96. The first kappa shape index (κ1) is 11.4. The van der Waals surface area contributed by atoms with Gasteiger partial charge in [-0.3, -0.25) is 0 Å². The Morgan fingerprint density at radius 1 is 1.20 bits per heavy atom. The highest BCUT2D eigenvalue weighted by molar-refractivity contribution is 5.47. The molecule has 1 aromatic carbocycles. The number of aromatic nitrogens is 4. The molecule has 0 N–H and O–H groups in total. The van der Waals surface area contributed by atoms with Crippen molar-refractivity contribution in [2.75, 3.05) is 0 Å². The van der Waals surface area contributed by atoms with Crippen LogP contribution in [0, 0.1) is 0 Å². The molecule has 0 amide bonds. The summed E-state index contributed by atoms with van der Waals surface area (Å²) in [6.07, 6.45) is 4.56. The highest BCUT2D eigenvalue weighted by Gasteiger charge is 2.43. The lowest BCUT2D eigenvalue weighted by molar-refractivity contribution is 0.378. The smallest absolute Gasteiger partial charge is 0.230 e. The van der Waals surface area contributed by atoms with Crippen LogP contribution in [0.1, 0.15) is 29.7 Å². The Balaban J connectivity index is 1.57. The molecule has 1 aliphatic rings. The Hall–Kier alpha value is -2.43. The van der Waals surface area contributed by atoms with E-state index in [9.17, 15) is 0 Å². The van der Waals surface area contributed by atoms with Crippen LogP contribution < -0.4 is 0 Å². The lowest BCUT2D eigenvalue weighted by atomic mass is 10.1. The van der Waals surface area contributed by atoms with Crippen molar-refractivity contribution in [3.8, 4) is 11.5 Å². The standard InChI is InChI=1S/C15H14N4O/c1-19-9-16-8-13(19)14-17-15(20-18-14)12-7-11(12)10-5-3-2-4-6-10/h2-6,8-9,11-12H,7H2,1H3/t11-,12+/m0/s1. The van der Waals surface area contributed by atoms with E-state index in [1.54, 1.807) is 12.5 Å². The van der Waals surface area contributed by atoms with E-state index < -0.39 is 0 Å². The lowest BCUT2D eigenvalue weighted by Crippen LogP contribution is -1.91. The van der Waals surface area contributed by atoms with Gasteiger partial charge in [-0.05, 0) is 17.9 Å². The molecular formula is C15H14N4O. The minimum atomic E-state index is 0.354. The number of nitrogens with zero attached hydrogens (tertiary/aromatic N) is 4. The van der Waals surface area contributed by atoms with Crippen LogP contribution in [-0.2, 0) is 7.05 Å². The molecule has 2 atom stereocenters. The average Bonchev–Trinajstić information content (AvgIpc) is 2.92. The summed E-state index contributed by atoms with van der Waals surface area (Å²) < 4.78 is 7.30. The van der Waals surface area contributed by atoms with Crippen LogP contribution in [0.2, 0.25) is 0 Å². The zero-order chi connectivity index (χ0) is 13.5. The molecule has 1 fully saturated rings. The zero-order valence-corrected chi connectivity index (χ0v) is 11.1. The third-order valence-electron chi connectivity index (χ3n) is 3.82. The summed E-state index contributed by atoms with van der Waals surface area (Å²) in [7, 11) is 1.92. The van der Waals surface area contributed by atoms with Crippen molar-refractivity contribution in [2.45, 2.75) is 18.3 Å². The van der Waals surface area contributed by atoms with Crippen LogP contribution in [0.4, 0.5) is 0 Å². The number of benzene rings is 1. The van der Waals surface area contributed by atoms with E-state index in [2.05, 4.69) is 39.4 Å². The second-order valence-corrected chi connectivity index (χ2v) is 5.21. The number of hydrogen-bond acceptors (Lipinski definition) is 4. The molecule has 2 aromatic heterocycles. The summed E-state index contributed by atoms with van der Waals surface area (Å²) in [5.74, 6) is 2.21. The highest BCUT2D eigenvalue weighted by Crippen LogP contribution is 2.54. The quantitative estimate of drug-likeness (QED) is 0.731. The van der Waals surface area contributed by atoms with Crippen LogP contribution >= 0.6 is 0 Å². The molecule has 1 saturated carbocycles. The van der Waals surface area contributed by atoms with Gasteiger partial charge in [-0.25, -0.2) is 4.98 Å². The third kappa shape index (κ3) is 1.82. The SMILES string of the molecule is Cn1cncc1-c1noc([C@@H]2C[C@H]2c2ccccc2)n1. The molecule has 2 heterocycles. The maximum Gasteiger partial charge on any atom is 0.230 e. The Labute approximate surface area is 116 Å². The molecule has 100 valence electrons. The van der Waals surface area contributed by atoms with E-state index in [4.69, 9.17) is 4.52 Å². The van der Waals surface area contributed by atoms with E-state index in [-0.39, 0.29) is 0 Å². The molecule has 5 heteroatoms. The topological polar surface area (TPSA) is 56.7 Å². The van der Waals surface area contributed by atoms with Gasteiger partial charge in [-0.1, -0.05) is 35.5 Å². The zero-order valence-electron chi connectivity index (χ0n) is 11.1.